The van der Waals surface area contributed by atoms with Crippen molar-refractivity contribution in [3.8, 4) is 0 Å². The molecule has 1 fully saturated rings. The Morgan fingerprint density at radius 3 is 2.67 bits per heavy atom. The normalized spacial score (nSPS) is 17.7. The largest absolute Gasteiger partial charge is 0.398 e. The molecular formula is C15H22N2O. The lowest BCUT2D eigenvalue weighted by molar-refractivity contribution is -0.125. The molecule has 0 atom stereocenters. The van der Waals surface area contributed by atoms with Gasteiger partial charge >= 0.3 is 0 Å². The van der Waals surface area contributed by atoms with E-state index in [1.165, 1.54) is 0 Å². The highest BCUT2D eigenvalue weighted by atomic mass is 16.2. The van der Waals surface area contributed by atoms with E-state index in [1.807, 2.05) is 25.1 Å². The molecular weight excluding hydrogens is 224 g/mol. The number of rotatable bonds is 3. The van der Waals surface area contributed by atoms with Crippen LogP contribution in [0.4, 0.5) is 11.4 Å². The van der Waals surface area contributed by atoms with Crippen LogP contribution in [0.15, 0.2) is 18.2 Å². The van der Waals surface area contributed by atoms with Crippen molar-refractivity contribution in [1.82, 2.24) is 0 Å². The smallest absolute Gasteiger partial charge is 0.230 e. The van der Waals surface area contributed by atoms with Crippen LogP contribution in [-0.4, -0.2) is 5.91 Å². The van der Waals surface area contributed by atoms with Gasteiger partial charge in [-0.1, -0.05) is 25.8 Å². The summed E-state index contributed by atoms with van der Waals surface area (Å²) in [5.41, 5.74) is 8.24. The number of carbonyl (C=O) groups excluding carboxylic acids is 1. The zero-order valence-electron chi connectivity index (χ0n) is 11.3. The van der Waals surface area contributed by atoms with Gasteiger partial charge in [0.15, 0.2) is 0 Å². The van der Waals surface area contributed by atoms with E-state index in [-0.39, 0.29) is 11.3 Å². The van der Waals surface area contributed by atoms with Crippen LogP contribution < -0.4 is 11.1 Å². The van der Waals surface area contributed by atoms with Crippen molar-refractivity contribution in [3.63, 3.8) is 0 Å². The topological polar surface area (TPSA) is 55.1 Å². The van der Waals surface area contributed by atoms with E-state index in [9.17, 15) is 4.79 Å². The summed E-state index contributed by atoms with van der Waals surface area (Å²) in [6.45, 7) is 4.05. The molecule has 1 amide bonds. The second-order valence-electron chi connectivity index (χ2n) is 5.31. The number of benzene rings is 1. The molecule has 18 heavy (non-hydrogen) atoms. The van der Waals surface area contributed by atoms with E-state index in [4.69, 9.17) is 5.73 Å². The Bertz CT molecular complexity index is 448. The van der Waals surface area contributed by atoms with Crippen molar-refractivity contribution in [2.24, 2.45) is 5.41 Å². The van der Waals surface area contributed by atoms with Crippen LogP contribution >= 0.6 is 0 Å². The fraction of sp³-hybridized carbons (Fsp3) is 0.533. The fourth-order valence-electron chi connectivity index (χ4n) is 2.84. The first kappa shape index (κ1) is 12.9. The molecule has 3 heteroatoms. The maximum absolute atomic E-state index is 12.5. The van der Waals surface area contributed by atoms with Gasteiger partial charge in [0.05, 0.1) is 0 Å². The van der Waals surface area contributed by atoms with Crippen molar-refractivity contribution in [2.75, 3.05) is 11.1 Å². The summed E-state index contributed by atoms with van der Waals surface area (Å²) in [5.74, 6) is 0.163. The highest BCUT2D eigenvalue weighted by molar-refractivity contribution is 5.96. The molecule has 0 bridgehead atoms. The summed E-state index contributed by atoms with van der Waals surface area (Å²) in [5, 5.41) is 3.07. The number of carbonyl (C=O) groups is 1. The van der Waals surface area contributed by atoms with Crippen LogP contribution in [-0.2, 0) is 4.79 Å². The number of amides is 1. The standard InChI is InChI=1S/C15H22N2O/c1-3-15(9-4-5-10-15)14(18)17-13-8-6-7-12(16)11(13)2/h6-8H,3-5,9-10,16H2,1-2H3,(H,17,18). The van der Waals surface area contributed by atoms with Crippen molar-refractivity contribution >= 4 is 17.3 Å². The first-order valence-corrected chi connectivity index (χ1v) is 6.75. The number of nitrogens with two attached hydrogens (primary N) is 1. The van der Waals surface area contributed by atoms with E-state index >= 15 is 0 Å². The van der Waals surface area contributed by atoms with Gasteiger partial charge in [0.1, 0.15) is 0 Å². The Labute approximate surface area is 109 Å². The van der Waals surface area contributed by atoms with E-state index in [0.717, 1.165) is 49.0 Å². The maximum Gasteiger partial charge on any atom is 0.230 e. The molecule has 0 saturated heterocycles. The van der Waals surface area contributed by atoms with Crippen molar-refractivity contribution in [1.29, 1.82) is 0 Å². The molecule has 1 aromatic rings. The summed E-state index contributed by atoms with van der Waals surface area (Å²) >= 11 is 0. The van der Waals surface area contributed by atoms with Crippen LogP contribution in [0, 0.1) is 12.3 Å². The number of nitrogens with one attached hydrogen (secondary N) is 1. The Hall–Kier alpha value is -1.51. The van der Waals surface area contributed by atoms with Crippen molar-refractivity contribution < 1.29 is 4.79 Å². The second kappa shape index (κ2) is 5.01. The summed E-state index contributed by atoms with van der Waals surface area (Å²) < 4.78 is 0. The maximum atomic E-state index is 12.5. The van der Waals surface area contributed by atoms with E-state index in [0.29, 0.717) is 0 Å². The minimum Gasteiger partial charge on any atom is -0.398 e. The zero-order valence-corrected chi connectivity index (χ0v) is 11.3. The highest BCUT2D eigenvalue weighted by Gasteiger charge is 2.39. The van der Waals surface area contributed by atoms with Crippen LogP contribution in [0.5, 0.6) is 0 Å². The molecule has 3 nitrogen and oxygen atoms in total. The molecule has 0 spiro atoms. The van der Waals surface area contributed by atoms with Crippen LogP contribution in [0.1, 0.15) is 44.6 Å². The molecule has 1 saturated carbocycles. The predicted octanol–water partition coefficient (Wildman–Crippen LogP) is 3.49. The third-order valence-electron chi connectivity index (χ3n) is 4.34. The molecule has 1 aromatic carbocycles. The predicted molar refractivity (Wildman–Crippen MR) is 75.4 cm³/mol. The van der Waals surface area contributed by atoms with Gasteiger partial charge in [-0.3, -0.25) is 4.79 Å². The molecule has 0 heterocycles. The van der Waals surface area contributed by atoms with Gasteiger partial charge in [-0.25, -0.2) is 0 Å². The van der Waals surface area contributed by atoms with Gasteiger partial charge in [-0.2, -0.15) is 0 Å². The third-order valence-corrected chi connectivity index (χ3v) is 4.34. The van der Waals surface area contributed by atoms with Crippen molar-refractivity contribution in [2.45, 2.75) is 46.0 Å². The van der Waals surface area contributed by atoms with Gasteiger partial charge in [-0.15, -0.1) is 0 Å². The Balaban J connectivity index is 2.18. The van der Waals surface area contributed by atoms with Gasteiger partial charge in [0, 0.05) is 16.8 Å². The second-order valence-corrected chi connectivity index (χ2v) is 5.31. The van der Waals surface area contributed by atoms with Crippen LogP contribution in [0.3, 0.4) is 0 Å². The third kappa shape index (κ3) is 2.22. The number of hydrogen-bond acceptors (Lipinski definition) is 2. The first-order valence-electron chi connectivity index (χ1n) is 6.75. The molecule has 0 aliphatic heterocycles. The summed E-state index contributed by atoms with van der Waals surface area (Å²) in [6.07, 6.45) is 5.27. The Kier molecular flexibility index (Phi) is 3.60. The molecule has 3 N–H and O–H groups in total. The van der Waals surface area contributed by atoms with Gasteiger partial charge in [0.2, 0.25) is 5.91 Å². The summed E-state index contributed by atoms with van der Waals surface area (Å²) in [7, 11) is 0. The average molecular weight is 246 g/mol. The minimum absolute atomic E-state index is 0.156. The lowest BCUT2D eigenvalue weighted by atomic mass is 9.82. The number of anilines is 2. The molecule has 0 aromatic heterocycles. The van der Waals surface area contributed by atoms with Crippen molar-refractivity contribution in [3.05, 3.63) is 23.8 Å². The summed E-state index contributed by atoms with van der Waals surface area (Å²) in [6, 6.07) is 5.66. The number of hydrogen-bond donors (Lipinski definition) is 2. The molecule has 0 unspecified atom stereocenters. The van der Waals surface area contributed by atoms with Gasteiger partial charge in [0.25, 0.3) is 0 Å². The zero-order chi connectivity index (χ0) is 13.2. The van der Waals surface area contributed by atoms with Crippen LogP contribution in [0.25, 0.3) is 0 Å². The minimum atomic E-state index is -0.156. The van der Waals surface area contributed by atoms with Crippen LogP contribution in [0.2, 0.25) is 0 Å². The van der Waals surface area contributed by atoms with E-state index in [2.05, 4.69) is 12.2 Å². The molecule has 1 aliphatic rings. The lowest BCUT2D eigenvalue weighted by Crippen LogP contribution is -2.33. The molecule has 1 aliphatic carbocycles. The lowest BCUT2D eigenvalue weighted by Gasteiger charge is -2.26. The first-order chi connectivity index (χ1) is 8.59. The summed E-state index contributed by atoms with van der Waals surface area (Å²) in [4.78, 5) is 12.5. The Morgan fingerprint density at radius 1 is 1.39 bits per heavy atom. The van der Waals surface area contributed by atoms with E-state index < -0.39 is 0 Å². The Morgan fingerprint density at radius 2 is 2.06 bits per heavy atom. The molecule has 2 rings (SSSR count). The monoisotopic (exact) mass is 246 g/mol. The highest BCUT2D eigenvalue weighted by Crippen LogP contribution is 2.42. The molecule has 0 radical (unpaired) electrons. The van der Waals surface area contributed by atoms with Gasteiger partial charge in [-0.05, 0) is 43.9 Å². The number of nitrogen functional groups attached to an aromatic ring is 1. The fourth-order valence-corrected chi connectivity index (χ4v) is 2.84. The quantitative estimate of drug-likeness (QED) is 0.802. The van der Waals surface area contributed by atoms with E-state index in [1.54, 1.807) is 0 Å². The van der Waals surface area contributed by atoms with Gasteiger partial charge < -0.3 is 11.1 Å². The molecule has 98 valence electrons. The SMILES string of the molecule is CCC1(C(=O)Nc2cccc(N)c2C)CCCC1. The average Bonchev–Trinajstić information content (AvgIpc) is 2.85.